The fourth-order valence-corrected chi connectivity index (χ4v) is 1.83. The van der Waals surface area contributed by atoms with E-state index in [0.717, 1.165) is 5.56 Å². The monoisotopic (exact) mass is 255 g/mol. The smallest absolute Gasteiger partial charge is 0.245 e. The molecule has 1 atom stereocenters. The van der Waals surface area contributed by atoms with Gasteiger partial charge < -0.3 is 9.64 Å². The van der Waals surface area contributed by atoms with Crippen LogP contribution in [-0.4, -0.2) is 37.6 Å². The zero-order chi connectivity index (χ0) is 12.7. The molecule has 3 nitrogen and oxygen atoms in total. The number of hydrogen-bond acceptors (Lipinski definition) is 2. The van der Waals surface area contributed by atoms with E-state index in [-0.39, 0.29) is 5.91 Å². The normalized spacial score (nSPS) is 12.2. The van der Waals surface area contributed by atoms with E-state index >= 15 is 0 Å². The second-order valence-corrected chi connectivity index (χ2v) is 4.12. The number of methoxy groups -OCH3 is 1. The van der Waals surface area contributed by atoms with Crippen molar-refractivity contribution < 1.29 is 9.53 Å². The summed E-state index contributed by atoms with van der Waals surface area (Å²) in [6.45, 7) is 3.67. The van der Waals surface area contributed by atoms with E-state index in [0.29, 0.717) is 19.7 Å². The number of alkyl halides is 1. The molecule has 0 aliphatic carbocycles. The Balaban J connectivity index is 2.67. The van der Waals surface area contributed by atoms with Gasteiger partial charge >= 0.3 is 0 Å². The van der Waals surface area contributed by atoms with Gasteiger partial charge in [0.1, 0.15) is 5.38 Å². The molecule has 0 bridgehead atoms. The van der Waals surface area contributed by atoms with Crippen LogP contribution in [0.15, 0.2) is 30.3 Å². The van der Waals surface area contributed by atoms with E-state index in [9.17, 15) is 4.79 Å². The Kier molecular flexibility index (Phi) is 6.01. The highest BCUT2D eigenvalue weighted by molar-refractivity contribution is 6.30. The van der Waals surface area contributed by atoms with Crippen LogP contribution in [0.1, 0.15) is 17.9 Å². The van der Waals surface area contributed by atoms with Crippen molar-refractivity contribution in [3.05, 3.63) is 35.9 Å². The molecule has 0 saturated carbocycles. The molecule has 1 rings (SSSR count). The third-order valence-electron chi connectivity index (χ3n) is 2.57. The van der Waals surface area contributed by atoms with Crippen LogP contribution < -0.4 is 0 Å². The average molecular weight is 256 g/mol. The highest BCUT2D eigenvalue weighted by Crippen LogP contribution is 2.22. The molecule has 0 fully saturated rings. The molecule has 1 aromatic rings. The molecule has 0 saturated heterocycles. The van der Waals surface area contributed by atoms with Gasteiger partial charge in [0.15, 0.2) is 0 Å². The Hall–Kier alpha value is -1.06. The van der Waals surface area contributed by atoms with Crippen molar-refractivity contribution in [2.45, 2.75) is 12.3 Å². The molecule has 1 aromatic carbocycles. The molecule has 94 valence electrons. The lowest BCUT2D eigenvalue weighted by Crippen LogP contribution is -2.35. The second kappa shape index (κ2) is 7.30. The lowest BCUT2D eigenvalue weighted by molar-refractivity contribution is -0.131. The topological polar surface area (TPSA) is 29.5 Å². The maximum absolute atomic E-state index is 12.1. The number of carbonyl (C=O) groups is 1. The first-order valence-corrected chi connectivity index (χ1v) is 6.11. The lowest BCUT2D eigenvalue weighted by atomic mass is 10.1. The third kappa shape index (κ3) is 4.02. The summed E-state index contributed by atoms with van der Waals surface area (Å²) in [6, 6.07) is 9.38. The van der Waals surface area contributed by atoms with Crippen molar-refractivity contribution in [1.29, 1.82) is 0 Å². The number of halogens is 1. The Morgan fingerprint density at radius 3 is 2.59 bits per heavy atom. The molecule has 0 aliphatic heterocycles. The van der Waals surface area contributed by atoms with Crippen molar-refractivity contribution in [3.8, 4) is 0 Å². The van der Waals surface area contributed by atoms with Gasteiger partial charge in [0, 0.05) is 20.2 Å². The zero-order valence-electron chi connectivity index (χ0n) is 10.2. The van der Waals surface area contributed by atoms with E-state index in [4.69, 9.17) is 16.3 Å². The Morgan fingerprint density at radius 2 is 2.06 bits per heavy atom. The molecule has 4 heteroatoms. The standard InChI is InChI=1S/C13H18ClNO2/c1-3-15(9-10-17-2)13(16)12(14)11-7-5-4-6-8-11/h4-8,12H,3,9-10H2,1-2H3. The summed E-state index contributed by atoms with van der Waals surface area (Å²) in [7, 11) is 1.62. The summed E-state index contributed by atoms with van der Waals surface area (Å²) in [5, 5.41) is -0.618. The van der Waals surface area contributed by atoms with Gasteiger partial charge in [0.25, 0.3) is 0 Å². The number of amides is 1. The Morgan fingerprint density at radius 1 is 1.41 bits per heavy atom. The van der Waals surface area contributed by atoms with Crippen LogP contribution in [0.3, 0.4) is 0 Å². The lowest BCUT2D eigenvalue weighted by Gasteiger charge is -2.23. The molecular formula is C13H18ClNO2. The fourth-order valence-electron chi connectivity index (χ4n) is 1.55. The number of nitrogens with zero attached hydrogens (tertiary/aromatic N) is 1. The summed E-state index contributed by atoms with van der Waals surface area (Å²) in [5.74, 6) is -0.0718. The fraction of sp³-hybridized carbons (Fsp3) is 0.462. The van der Waals surface area contributed by atoms with Crippen molar-refractivity contribution in [3.63, 3.8) is 0 Å². The number of benzene rings is 1. The second-order valence-electron chi connectivity index (χ2n) is 3.68. The summed E-state index contributed by atoms with van der Waals surface area (Å²) in [6.07, 6.45) is 0. The SMILES string of the molecule is CCN(CCOC)C(=O)C(Cl)c1ccccc1. The van der Waals surface area contributed by atoms with E-state index in [1.807, 2.05) is 37.3 Å². The van der Waals surface area contributed by atoms with Crippen molar-refractivity contribution in [2.24, 2.45) is 0 Å². The quantitative estimate of drug-likeness (QED) is 0.731. The molecule has 0 N–H and O–H groups in total. The molecule has 0 aliphatic rings. The highest BCUT2D eigenvalue weighted by atomic mass is 35.5. The van der Waals surface area contributed by atoms with Gasteiger partial charge in [-0.15, -0.1) is 11.6 Å². The van der Waals surface area contributed by atoms with Crippen molar-refractivity contribution in [1.82, 2.24) is 4.90 Å². The van der Waals surface area contributed by atoms with Gasteiger partial charge in [-0.05, 0) is 12.5 Å². The van der Waals surface area contributed by atoms with Crippen molar-refractivity contribution >= 4 is 17.5 Å². The molecule has 1 amide bonds. The number of ether oxygens (including phenoxy) is 1. The Labute approximate surface area is 107 Å². The predicted molar refractivity (Wildman–Crippen MR) is 69.2 cm³/mol. The number of rotatable bonds is 6. The van der Waals surface area contributed by atoms with Crippen LogP contribution >= 0.6 is 11.6 Å². The van der Waals surface area contributed by atoms with Crippen molar-refractivity contribution in [2.75, 3.05) is 26.8 Å². The first-order valence-electron chi connectivity index (χ1n) is 5.67. The summed E-state index contributed by atoms with van der Waals surface area (Å²) < 4.78 is 4.97. The van der Waals surface area contributed by atoms with E-state index < -0.39 is 5.38 Å². The molecule has 0 heterocycles. The minimum Gasteiger partial charge on any atom is -0.383 e. The number of likely N-dealkylation sites (N-methyl/N-ethyl adjacent to an activating group) is 1. The van der Waals surface area contributed by atoms with E-state index in [2.05, 4.69) is 0 Å². The van der Waals surface area contributed by atoms with Crippen LogP contribution in [0.25, 0.3) is 0 Å². The third-order valence-corrected chi connectivity index (χ3v) is 3.01. The average Bonchev–Trinajstić information content (AvgIpc) is 2.39. The van der Waals surface area contributed by atoms with Crippen LogP contribution in [0, 0.1) is 0 Å². The zero-order valence-corrected chi connectivity index (χ0v) is 11.0. The molecule has 17 heavy (non-hydrogen) atoms. The van der Waals surface area contributed by atoms with Gasteiger partial charge in [0.05, 0.1) is 6.61 Å². The van der Waals surface area contributed by atoms with E-state index in [1.165, 1.54) is 0 Å². The van der Waals surface area contributed by atoms with Gasteiger partial charge in [-0.3, -0.25) is 4.79 Å². The maximum Gasteiger partial charge on any atom is 0.245 e. The Bertz CT molecular complexity index is 343. The van der Waals surface area contributed by atoms with Crippen LogP contribution in [0.2, 0.25) is 0 Å². The van der Waals surface area contributed by atoms with Gasteiger partial charge in [0.2, 0.25) is 5.91 Å². The maximum atomic E-state index is 12.1. The summed E-state index contributed by atoms with van der Waals surface area (Å²) in [5.41, 5.74) is 0.829. The predicted octanol–water partition coefficient (Wildman–Crippen LogP) is 2.46. The highest BCUT2D eigenvalue weighted by Gasteiger charge is 2.22. The molecular weight excluding hydrogens is 238 g/mol. The number of carbonyl (C=O) groups excluding carboxylic acids is 1. The van der Waals surface area contributed by atoms with Gasteiger partial charge in [-0.2, -0.15) is 0 Å². The molecule has 0 spiro atoms. The molecule has 1 unspecified atom stereocenters. The largest absolute Gasteiger partial charge is 0.383 e. The summed E-state index contributed by atoms with van der Waals surface area (Å²) in [4.78, 5) is 13.8. The van der Waals surface area contributed by atoms with E-state index in [1.54, 1.807) is 12.0 Å². The molecule has 0 aromatic heterocycles. The van der Waals surface area contributed by atoms with Crippen LogP contribution in [0.5, 0.6) is 0 Å². The first kappa shape index (κ1) is 14.0. The first-order chi connectivity index (χ1) is 8.20. The molecule has 0 radical (unpaired) electrons. The van der Waals surface area contributed by atoms with Crippen LogP contribution in [-0.2, 0) is 9.53 Å². The van der Waals surface area contributed by atoms with Crippen LogP contribution in [0.4, 0.5) is 0 Å². The number of hydrogen-bond donors (Lipinski definition) is 0. The van der Waals surface area contributed by atoms with Gasteiger partial charge in [-0.25, -0.2) is 0 Å². The minimum absolute atomic E-state index is 0.0718. The van der Waals surface area contributed by atoms with Gasteiger partial charge in [-0.1, -0.05) is 30.3 Å². The summed E-state index contributed by atoms with van der Waals surface area (Å²) >= 11 is 6.18. The minimum atomic E-state index is -0.618.